The highest BCUT2D eigenvalue weighted by atomic mass is 19.2. The first-order valence-electron chi connectivity index (χ1n) is 6.88. The molecule has 4 nitrogen and oxygen atoms in total. The van der Waals surface area contributed by atoms with Crippen LogP contribution in [-0.2, 0) is 0 Å². The van der Waals surface area contributed by atoms with Crippen LogP contribution in [0.25, 0.3) is 0 Å². The van der Waals surface area contributed by atoms with E-state index in [1.807, 2.05) is 0 Å². The number of aromatic nitrogens is 2. The first kappa shape index (κ1) is 16.6. The van der Waals surface area contributed by atoms with Crippen LogP contribution >= 0.6 is 0 Å². The molecular weight excluding hydrogens is 343 g/mol. The highest BCUT2D eigenvalue weighted by Crippen LogP contribution is 2.24. The van der Waals surface area contributed by atoms with Crippen molar-refractivity contribution < 1.29 is 22.0 Å². The Kier molecular flexibility index (Phi) is 4.46. The van der Waals surface area contributed by atoms with E-state index in [4.69, 9.17) is 0 Å². The van der Waals surface area contributed by atoms with Crippen molar-refractivity contribution in [2.24, 2.45) is 0 Å². The summed E-state index contributed by atoms with van der Waals surface area (Å²) in [6.07, 6.45) is 1.11. The Morgan fingerprint density at radius 2 is 1.32 bits per heavy atom. The minimum atomic E-state index is -1.61. The van der Waals surface area contributed by atoms with Gasteiger partial charge in [0.1, 0.15) is 18.0 Å². The van der Waals surface area contributed by atoms with E-state index in [2.05, 4.69) is 20.6 Å². The molecule has 0 amide bonds. The number of benzene rings is 2. The number of nitrogens with one attached hydrogen (secondary N) is 2. The second-order valence-electron chi connectivity index (χ2n) is 4.89. The SMILES string of the molecule is Fc1ccc(Nc2cc(Nc3ccc(F)c(F)c3F)ncn2)cc1F. The summed E-state index contributed by atoms with van der Waals surface area (Å²) in [7, 11) is 0. The van der Waals surface area contributed by atoms with Crippen molar-refractivity contribution in [3.63, 3.8) is 0 Å². The molecule has 0 aliphatic carbocycles. The average molecular weight is 352 g/mol. The summed E-state index contributed by atoms with van der Waals surface area (Å²) in [5.74, 6) is -6.10. The summed E-state index contributed by atoms with van der Waals surface area (Å²) in [5.41, 5.74) is -0.0982. The quantitative estimate of drug-likeness (QED) is 0.530. The van der Waals surface area contributed by atoms with Crippen LogP contribution in [0.2, 0.25) is 0 Å². The van der Waals surface area contributed by atoms with Crippen molar-refractivity contribution in [1.29, 1.82) is 0 Å². The van der Waals surface area contributed by atoms with Crippen LogP contribution in [0, 0.1) is 29.1 Å². The van der Waals surface area contributed by atoms with Gasteiger partial charge >= 0.3 is 0 Å². The first-order valence-corrected chi connectivity index (χ1v) is 6.88. The predicted molar refractivity (Wildman–Crippen MR) is 81.3 cm³/mol. The van der Waals surface area contributed by atoms with Gasteiger partial charge in [0.05, 0.1) is 5.69 Å². The standard InChI is InChI=1S/C16H9F5N4/c17-9-2-1-8(5-11(9)19)24-13-6-14(23-7-22-13)25-12-4-3-10(18)15(20)16(12)21/h1-7H,(H2,22,23,24,25). The molecule has 0 bridgehead atoms. The van der Waals surface area contributed by atoms with Crippen molar-refractivity contribution in [3.8, 4) is 0 Å². The summed E-state index contributed by atoms with van der Waals surface area (Å²) in [6.45, 7) is 0. The maximum absolute atomic E-state index is 13.7. The molecule has 3 aromatic rings. The molecule has 128 valence electrons. The highest BCUT2D eigenvalue weighted by molar-refractivity contribution is 5.63. The number of hydrogen-bond acceptors (Lipinski definition) is 4. The molecule has 0 aliphatic rings. The van der Waals surface area contributed by atoms with Gasteiger partial charge in [-0.15, -0.1) is 0 Å². The lowest BCUT2D eigenvalue weighted by Crippen LogP contribution is -2.02. The van der Waals surface area contributed by atoms with Gasteiger partial charge in [0.15, 0.2) is 29.1 Å². The second-order valence-corrected chi connectivity index (χ2v) is 4.89. The van der Waals surface area contributed by atoms with E-state index >= 15 is 0 Å². The van der Waals surface area contributed by atoms with Crippen LogP contribution in [-0.4, -0.2) is 9.97 Å². The number of rotatable bonds is 4. The topological polar surface area (TPSA) is 49.8 Å². The van der Waals surface area contributed by atoms with Gasteiger partial charge in [-0.25, -0.2) is 31.9 Å². The molecule has 3 rings (SSSR count). The second kappa shape index (κ2) is 6.71. The minimum Gasteiger partial charge on any atom is -0.340 e. The van der Waals surface area contributed by atoms with Gasteiger partial charge in [-0.1, -0.05) is 0 Å². The van der Waals surface area contributed by atoms with E-state index in [0.29, 0.717) is 0 Å². The molecule has 1 heterocycles. The lowest BCUT2D eigenvalue weighted by Gasteiger charge is -2.10. The van der Waals surface area contributed by atoms with E-state index in [1.54, 1.807) is 0 Å². The predicted octanol–water partition coefficient (Wildman–Crippen LogP) is 4.66. The van der Waals surface area contributed by atoms with Crippen molar-refractivity contribution in [1.82, 2.24) is 9.97 Å². The third-order valence-electron chi connectivity index (χ3n) is 3.16. The van der Waals surface area contributed by atoms with Crippen LogP contribution in [0.1, 0.15) is 0 Å². The van der Waals surface area contributed by atoms with Crippen LogP contribution in [0.5, 0.6) is 0 Å². The van der Waals surface area contributed by atoms with Crippen LogP contribution < -0.4 is 10.6 Å². The molecular formula is C16H9F5N4. The van der Waals surface area contributed by atoms with E-state index < -0.39 is 29.1 Å². The first-order chi connectivity index (χ1) is 11.9. The lowest BCUT2D eigenvalue weighted by molar-refractivity contribution is 0.449. The number of nitrogens with zero attached hydrogens (tertiary/aromatic N) is 2. The van der Waals surface area contributed by atoms with Crippen molar-refractivity contribution in [2.75, 3.05) is 10.6 Å². The minimum absolute atomic E-state index is 0.0741. The summed E-state index contributed by atoms with van der Waals surface area (Å²) in [5, 5.41) is 5.19. The molecule has 2 aromatic carbocycles. The molecule has 0 aliphatic heterocycles. The smallest absolute Gasteiger partial charge is 0.196 e. The largest absolute Gasteiger partial charge is 0.340 e. The summed E-state index contributed by atoms with van der Waals surface area (Å²) in [4.78, 5) is 7.70. The fourth-order valence-corrected chi connectivity index (χ4v) is 1.98. The Morgan fingerprint density at radius 3 is 2.04 bits per heavy atom. The van der Waals surface area contributed by atoms with Gasteiger partial charge in [-0.2, -0.15) is 0 Å². The molecule has 0 unspecified atom stereocenters. The molecule has 0 saturated heterocycles. The monoisotopic (exact) mass is 352 g/mol. The summed E-state index contributed by atoms with van der Waals surface area (Å²) < 4.78 is 65.9. The summed E-state index contributed by atoms with van der Waals surface area (Å²) in [6, 6.07) is 6.26. The van der Waals surface area contributed by atoms with Crippen LogP contribution in [0.15, 0.2) is 42.7 Å². The Bertz CT molecular complexity index is 932. The van der Waals surface area contributed by atoms with Gasteiger partial charge in [0, 0.05) is 17.8 Å². The molecule has 9 heteroatoms. The Labute approximate surface area is 138 Å². The molecule has 1 aromatic heterocycles. The fourth-order valence-electron chi connectivity index (χ4n) is 1.98. The molecule has 0 radical (unpaired) electrons. The third kappa shape index (κ3) is 3.65. The Hall–Kier alpha value is -3.23. The normalized spacial score (nSPS) is 10.6. The molecule has 2 N–H and O–H groups in total. The number of hydrogen-bond donors (Lipinski definition) is 2. The maximum atomic E-state index is 13.7. The lowest BCUT2D eigenvalue weighted by atomic mass is 10.2. The van der Waals surface area contributed by atoms with Crippen molar-refractivity contribution >= 4 is 23.0 Å². The van der Waals surface area contributed by atoms with Gasteiger partial charge < -0.3 is 10.6 Å². The number of halogens is 5. The molecule has 0 spiro atoms. The van der Waals surface area contributed by atoms with Crippen molar-refractivity contribution in [2.45, 2.75) is 0 Å². The van der Waals surface area contributed by atoms with Gasteiger partial charge in [0.25, 0.3) is 0 Å². The Morgan fingerprint density at radius 1 is 0.640 bits per heavy atom. The van der Waals surface area contributed by atoms with Crippen LogP contribution in [0.4, 0.5) is 45.0 Å². The molecule has 25 heavy (non-hydrogen) atoms. The van der Waals surface area contributed by atoms with E-state index in [-0.39, 0.29) is 23.0 Å². The van der Waals surface area contributed by atoms with Crippen LogP contribution in [0.3, 0.4) is 0 Å². The summed E-state index contributed by atoms with van der Waals surface area (Å²) >= 11 is 0. The zero-order chi connectivity index (χ0) is 18.0. The molecule has 0 saturated carbocycles. The van der Waals surface area contributed by atoms with Gasteiger partial charge in [-0.3, -0.25) is 0 Å². The maximum Gasteiger partial charge on any atom is 0.196 e. The fraction of sp³-hybridized carbons (Fsp3) is 0. The van der Waals surface area contributed by atoms with Gasteiger partial charge in [-0.05, 0) is 24.3 Å². The van der Waals surface area contributed by atoms with Crippen molar-refractivity contribution in [3.05, 3.63) is 71.8 Å². The highest BCUT2D eigenvalue weighted by Gasteiger charge is 2.14. The number of anilines is 4. The van der Waals surface area contributed by atoms with Gasteiger partial charge in [0.2, 0.25) is 0 Å². The Balaban J connectivity index is 1.82. The third-order valence-corrected chi connectivity index (χ3v) is 3.16. The molecule has 0 fully saturated rings. The van der Waals surface area contributed by atoms with E-state index in [1.165, 1.54) is 12.1 Å². The zero-order valence-corrected chi connectivity index (χ0v) is 12.3. The molecule has 0 atom stereocenters. The van der Waals surface area contributed by atoms with E-state index in [9.17, 15) is 22.0 Å². The van der Waals surface area contributed by atoms with E-state index in [0.717, 1.165) is 30.6 Å². The average Bonchev–Trinajstić information content (AvgIpc) is 2.59. The zero-order valence-electron chi connectivity index (χ0n) is 12.3.